The van der Waals surface area contributed by atoms with E-state index in [1.165, 1.54) is 37.5 Å². The fourth-order valence-electron chi connectivity index (χ4n) is 3.95. The predicted octanol–water partition coefficient (Wildman–Crippen LogP) is 9.30. The second-order valence-electron chi connectivity index (χ2n) is 7.87. The highest BCUT2D eigenvalue weighted by molar-refractivity contribution is 7.99. The molecule has 1 aliphatic heterocycles. The Morgan fingerprint density at radius 1 is 0.758 bits per heavy atom. The minimum absolute atomic E-state index is 0.603. The molecule has 0 spiro atoms. The first-order chi connectivity index (χ1) is 16.2. The zero-order chi connectivity index (χ0) is 23.6. The summed E-state index contributed by atoms with van der Waals surface area (Å²) in [7, 11) is 0. The summed E-state index contributed by atoms with van der Waals surface area (Å²) in [6.07, 6.45) is 6.16. The molecule has 0 saturated heterocycles. The van der Waals surface area contributed by atoms with Crippen LogP contribution in [0.5, 0.6) is 0 Å². The molecule has 0 bridgehead atoms. The number of rotatable bonds is 3. The lowest BCUT2D eigenvalue weighted by Gasteiger charge is -2.32. The van der Waals surface area contributed by atoms with Crippen molar-refractivity contribution >= 4 is 33.9 Å². The van der Waals surface area contributed by atoms with E-state index >= 15 is 0 Å². The molecule has 0 amide bonds. The average Bonchev–Trinajstić information content (AvgIpc) is 2.87. The van der Waals surface area contributed by atoms with Crippen molar-refractivity contribution in [2.75, 3.05) is 11.4 Å². The molecule has 33 heavy (non-hydrogen) atoms. The van der Waals surface area contributed by atoms with E-state index in [4.69, 9.17) is 6.42 Å². The summed E-state index contributed by atoms with van der Waals surface area (Å²) in [5.74, 6) is 3.33. The van der Waals surface area contributed by atoms with Gasteiger partial charge in [0.05, 0.1) is 11.4 Å². The fourth-order valence-corrected chi connectivity index (χ4v) is 5.05. The number of para-hydroxylation sites is 2. The first kappa shape index (κ1) is 24.5. The van der Waals surface area contributed by atoms with Gasteiger partial charge in [-0.3, -0.25) is 0 Å². The zero-order valence-corrected chi connectivity index (χ0v) is 20.9. The lowest BCUT2D eigenvalue weighted by molar-refractivity contribution is 0.876. The van der Waals surface area contributed by atoms with Crippen molar-refractivity contribution in [1.82, 2.24) is 0 Å². The molecule has 0 radical (unpaired) electrons. The molecule has 0 aromatic heterocycles. The number of anilines is 2. The first-order valence-corrected chi connectivity index (χ1v) is 12.5. The molecule has 0 N–H and O–H groups in total. The molecule has 0 saturated carbocycles. The van der Waals surface area contributed by atoms with Gasteiger partial charge in [-0.05, 0) is 46.5 Å². The highest BCUT2D eigenvalue weighted by atomic mass is 32.2. The summed E-state index contributed by atoms with van der Waals surface area (Å²) >= 11 is 1.83. The minimum Gasteiger partial charge on any atom is -0.339 e. The smallest absolute Gasteiger partial charge is 0.0553 e. The van der Waals surface area contributed by atoms with Crippen LogP contribution in [0.25, 0.3) is 10.8 Å². The Balaban J connectivity index is 0.000000181. The number of fused-ring (bicyclic) bond motifs is 3. The summed E-state index contributed by atoms with van der Waals surface area (Å²) in [4.78, 5) is 4.92. The molecule has 2 heteroatoms. The van der Waals surface area contributed by atoms with Crippen LogP contribution < -0.4 is 4.90 Å². The molecule has 1 heterocycles. The lowest BCUT2D eigenvalue weighted by Crippen LogP contribution is -2.21. The number of nitrogens with zero attached hydrogens (tertiary/aromatic N) is 1. The van der Waals surface area contributed by atoms with Crippen LogP contribution in [-0.2, 0) is 0 Å². The van der Waals surface area contributed by atoms with Gasteiger partial charge in [-0.1, -0.05) is 106 Å². The number of terminal acetylenes is 1. The molecule has 0 aliphatic carbocycles. The molecule has 1 aliphatic rings. The predicted molar refractivity (Wildman–Crippen MR) is 147 cm³/mol. The van der Waals surface area contributed by atoms with Gasteiger partial charge in [0.1, 0.15) is 0 Å². The number of hydrogen-bond acceptors (Lipinski definition) is 2. The Kier molecular flexibility index (Phi) is 9.04. The van der Waals surface area contributed by atoms with Gasteiger partial charge < -0.3 is 4.90 Å². The Bertz CT molecular complexity index is 1170. The number of hydrogen-bond donors (Lipinski definition) is 0. The average molecular weight is 452 g/mol. The van der Waals surface area contributed by atoms with Gasteiger partial charge in [0.15, 0.2) is 0 Å². The normalized spacial score (nSPS) is 11.3. The first-order valence-electron chi connectivity index (χ1n) is 11.7. The van der Waals surface area contributed by atoms with Crippen molar-refractivity contribution < 1.29 is 0 Å². The van der Waals surface area contributed by atoms with E-state index in [1.54, 1.807) is 0 Å². The van der Waals surface area contributed by atoms with Gasteiger partial charge in [-0.25, -0.2) is 0 Å². The van der Waals surface area contributed by atoms with Crippen LogP contribution in [0.1, 0.15) is 45.6 Å². The van der Waals surface area contributed by atoms with Crippen molar-refractivity contribution in [1.29, 1.82) is 0 Å². The molecular formula is C31H33NS. The SMILES string of the molecule is C#CCCN1c2ccccc2Sc2ccccc21.CC.CC(C)c1cccc2ccccc12. The van der Waals surface area contributed by atoms with Gasteiger partial charge in [0, 0.05) is 22.8 Å². The Labute approximate surface area is 203 Å². The highest BCUT2D eigenvalue weighted by Crippen LogP contribution is 2.47. The van der Waals surface area contributed by atoms with Crippen LogP contribution in [0.4, 0.5) is 11.4 Å². The lowest BCUT2D eigenvalue weighted by atomic mass is 9.96. The summed E-state index contributed by atoms with van der Waals surface area (Å²) in [5, 5.41) is 2.73. The van der Waals surface area contributed by atoms with Crippen molar-refractivity contribution in [2.24, 2.45) is 0 Å². The Hall–Kier alpha value is -3.15. The fraction of sp³-hybridized carbons (Fsp3) is 0.226. The number of benzene rings is 4. The second-order valence-corrected chi connectivity index (χ2v) is 8.95. The van der Waals surface area contributed by atoms with Gasteiger partial charge in [-0.15, -0.1) is 12.3 Å². The summed E-state index contributed by atoms with van der Waals surface area (Å²) in [5.41, 5.74) is 3.96. The standard InChI is InChI=1S/C16H13NS.C13H14.C2H6/c1-2-3-12-17-13-8-4-6-10-15(13)18-16-11-7-5-9-14(16)17;1-10(2)12-9-5-7-11-6-3-4-8-13(11)12;1-2/h1,4-11H,3,12H2;3-10H,1-2H3;1-2H3. The maximum atomic E-state index is 5.40. The third-order valence-corrected chi connectivity index (χ3v) is 6.59. The van der Waals surface area contributed by atoms with Crippen molar-refractivity contribution in [2.45, 2.75) is 49.8 Å². The maximum Gasteiger partial charge on any atom is 0.0553 e. The molecule has 5 rings (SSSR count). The van der Waals surface area contributed by atoms with Gasteiger partial charge >= 0.3 is 0 Å². The molecule has 4 aromatic rings. The van der Waals surface area contributed by atoms with E-state index in [-0.39, 0.29) is 0 Å². The monoisotopic (exact) mass is 451 g/mol. The maximum absolute atomic E-state index is 5.40. The van der Waals surface area contributed by atoms with Crippen LogP contribution in [0.15, 0.2) is 101 Å². The van der Waals surface area contributed by atoms with Gasteiger partial charge in [0.2, 0.25) is 0 Å². The molecule has 4 aromatic carbocycles. The quantitative estimate of drug-likeness (QED) is 0.285. The molecular weight excluding hydrogens is 418 g/mol. The van der Waals surface area contributed by atoms with E-state index in [2.05, 4.69) is 116 Å². The summed E-state index contributed by atoms with van der Waals surface area (Å²) < 4.78 is 0. The van der Waals surface area contributed by atoms with Gasteiger partial charge in [-0.2, -0.15) is 0 Å². The Morgan fingerprint density at radius 3 is 1.91 bits per heavy atom. The molecule has 0 unspecified atom stereocenters. The van der Waals surface area contributed by atoms with Crippen LogP contribution in [0.2, 0.25) is 0 Å². The van der Waals surface area contributed by atoms with E-state index < -0.39 is 0 Å². The second kappa shape index (κ2) is 12.2. The molecule has 168 valence electrons. The van der Waals surface area contributed by atoms with E-state index in [9.17, 15) is 0 Å². The third-order valence-electron chi connectivity index (χ3n) is 5.46. The Morgan fingerprint density at radius 2 is 1.30 bits per heavy atom. The van der Waals surface area contributed by atoms with Crippen LogP contribution >= 0.6 is 11.8 Å². The topological polar surface area (TPSA) is 3.24 Å². The van der Waals surface area contributed by atoms with E-state index in [1.807, 2.05) is 25.6 Å². The summed E-state index contributed by atoms with van der Waals surface area (Å²) in [6.45, 7) is 9.34. The van der Waals surface area contributed by atoms with Crippen molar-refractivity contribution in [3.05, 3.63) is 96.6 Å². The summed E-state index contributed by atoms with van der Waals surface area (Å²) in [6, 6.07) is 32.1. The van der Waals surface area contributed by atoms with E-state index in [0.717, 1.165) is 13.0 Å². The van der Waals surface area contributed by atoms with Gasteiger partial charge in [0.25, 0.3) is 0 Å². The van der Waals surface area contributed by atoms with Crippen molar-refractivity contribution in [3.8, 4) is 12.3 Å². The minimum atomic E-state index is 0.603. The zero-order valence-electron chi connectivity index (χ0n) is 20.1. The largest absolute Gasteiger partial charge is 0.339 e. The third kappa shape index (κ3) is 5.81. The molecule has 0 atom stereocenters. The van der Waals surface area contributed by atoms with Crippen LogP contribution in [0.3, 0.4) is 0 Å². The van der Waals surface area contributed by atoms with Crippen molar-refractivity contribution in [3.63, 3.8) is 0 Å². The van der Waals surface area contributed by atoms with Crippen LogP contribution in [0, 0.1) is 12.3 Å². The molecule has 1 nitrogen and oxygen atoms in total. The van der Waals surface area contributed by atoms with E-state index in [0.29, 0.717) is 5.92 Å². The molecule has 0 fully saturated rings. The van der Waals surface area contributed by atoms with Crippen LogP contribution in [-0.4, -0.2) is 6.54 Å². The highest BCUT2D eigenvalue weighted by Gasteiger charge is 2.21.